The van der Waals surface area contributed by atoms with E-state index in [2.05, 4.69) is 26.4 Å². The number of rotatable bonds is 5. The molecule has 2 heterocycles. The monoisotopic (exact) mass is 254 g/mol. The average Bonchev–Trinajstić information content (AvgIpc) is 2.69. The number of ether oxygens (including phenoxy) is 1. The van der Waals surface area contributed by atoms with Crippen molar-refractivity contribution >= 4 is 22.8 Å². The Labute approximate surface area is 105 Å². The van der Waals surface area contributed by atoms with Gasteiger partial charge in [0.05, 0.1) is 7.11 Å². The lowest BCUT2D eigenvalue weighted by atomic mass is 10.4. The molecule has 92 valence electrons. The lowest BCUT2D eigenvalue weighted by Gasteiger charge is -2.05. The molecule has 0 aromatic carbocycles. The molecule has 2 aromatic rings. The van der Waals surface area contributed by atoms with Crippen molar-refractivity contribution in [1.82, 2.24) is 19.5 Å². The number of imidazole rings is 1. The first kappa shape index (κ1) is 12.1. The van der Waals surface area contributed by atoms with Gasteiger partial charge in [-0.1, -0.05) is 6.92 Å². The van der Waals surface area contributed by atoms with Crippen LogP contribution in [0.25, 0.3) is 11.2 Å². The molecule has 0 amide bonds. The molecule has 2 rings (SSSR count). The van der Waals surface area contributed by atoms with E-state index in [9.17, 15) is 0 Å². The third-order valence-electron chi connectivity index (χ3n) is 2.54. The van der Waals surface area contributed by atoms with Crippen molar-refractivity contribution in [3.05, 3.63) is 12.2 Å². The highest BCUT2D eigenvalue weighted by Gasteiger charge is 2.15. The fourth-order valence-electron chi connectivity index (χ4n) is 1.84. The molecule has 5 nitrogen and oxygen atoms in total. The van der Waals surface area contributed by atoms with Crippen LogP contribution in [0.5, 0.6) is 5.88 Å². The second-order valence-electron chi connectivity index (χ2n) is 3.67. The Balaban J connectivity index is 2.60. The van der Waals surface area contributed by atoms with Crippen molar-refractivity contribution in [2.45, 2.75) is 26.3 Å². The minimum Gasteiger partial charge on any atom is -0.479 e. The van der Waals surface area contributed by atoms with E-state index < -0.39 is 0 Å². The lowest BCUT2D eigenvalue weighted by Crippen LogP contribution is -2.04. The van der Waals surface area contributed by atoms with Crippen molar-refractivity contribution < 1.29 is 4.74 Å². The van der Waals surface area contributed by atoms with Crippen LogP contribution in [0.3, 0.4) is 0 Å². The number of alkyl halides is 1. The van der Waals surface area contributed by atoms with Gasteiger partial charge in [0.2, 0.25) is 5.88 Å². The zero-order chi connectivity index (χ0) is 12.3. The summed E-state index contributed by atoms with van der Waals surface area (Å²) in [5, 5.41) is 0. The van der Waals surface area contributed by atoms with Crippen molar-refractivity contribution in [3.8, 4) is 5.88 Å². The van der Waals surface area contributed by atoms with Gasteiger partial charge in [-0.2, -0.15) is 4.98 Å². The molecule has 0 saturated heterocycles. The van der Waals surface area contributed by atoms with Gasteiger partial charge in [0.15, 0.2) is 11.2 Å². The normalized spacial score (nSPS) is 11.0. The number of hydrogen-bond donors (Lipinski definition) is 0. The van der Waals surface area contributed by atoms with Gasteiger partial charge in [0.25, 0.3) is 0 Å². The summed E-state index contributed by atoms with van der Waals surface area (Å²) in [7, 11) is 1.59. The number of nitrogens with zero attached hydrogens (tertiary/aromatic N) is 4. The van der Waals surface area contributed by atoms with E-state index in [4.69, 9.17) is 16.3 Å². The van der Waals surface area contributed by atoms with E-state index in [0.717, 1.165) is 30.9 Å². The molecule has 2 aromatic heterocycles. The molecule has 0 aliphatic heterocycles. The zero-order valence-corrected chi connectivity index (χ0v) is 10.7. The highest BCUT2D eigenvalue weighted by atomic mass is 35.5. The molecule has 6 heteroatoms. The van der Waals surface area contributed by atoms with Crippen LogP contribution in [0.2, 0.25) is 0 Å². The number of aryl methyl sites for hydroxylation is 2. The third-order valence-corrected chi connectivity index (χ3v) is 2.73. The molecule has 0 bridgehead atoms. The van der Waals surface area contributed by atoms with Crippen LogP contribution in [0.15, 0.2) is 6.33 Å². The molecular weight excluding hydrogens is 240 g/mol. The number of aromatic nitrogens is 4. The number of halogens is 1. The second kappa shape index (κ2) is 5.31. The van der Waals surface area contributed by atoms with E-state index in [1.807, 2.05) is 0 Å². The molecule has 0 aliphatic rings. The first-order valence-corrected chi connectivity index (χ1v) is 6.15. The predicted molar refractivity (Wildman–Crippen MR) is 66.6 cm³/mol. The van der Waals surface area contributed by atoms with Crippen LogP contribution in [0.4, 0.5) is 0 Å². The van der Waals surface area contributed by atoms with E-state index in [1.54, 1.807) is 7.11 Å². The summed E-state index contributed by atoms with van der Waals surface area (Å²) in [5.74, 6) is 2.00. The van der Waals surface area contributed by atoms with Crippen LogP contribution >= 0.6 is 11.6 Å². The SMILES string of the molecule is CCCn1c(CCCl)nc2c(OC)ncnc21. The fourth-order valence-corrected chi connectivity index (χ4v) is 2.01. The molecule has 0 radical (unpaired) electrons. The quantitative estimate of drug-likeness (QED) is 0.766. The standard InChI is InChI=1S/C11H15ClN4O/c1-3-6-16-8(4-5-12)15-9-10(16)13-7-14-11(9)17-2/h7H,3-6H2,1-2H3. The molecule has 17 heavy (non-hydrogen) atoms. The van der Waals surface area contributed by atoms with E-state index in [0.29, 0.717) is 17.3 Å². The van der Waals surface area contributed by atoms with Crippen LogP contribution in [0.1, 0.15) is 19.2 Å². The first-order chi connectivity index (χ1) is 8.31. The maximum atomic E-state index is 5.79. The Morgan fingerprint density at radius 2 is 2.24 bits per heavy atom. The van der Waals surface area contributed by atoms with E-state index in [-0.39, 0.29) is 0 Å². The van der Waals surface area contributed by atoms with Crippen molar-refractivity contribution in [2.75, 3.05) is 13.0 Å². The highest BCUT2D eigenvalue weighted by Crippen LogP contribution is 2.22. The Morgan fingerprint density at radius 1 is 1.41 bits per heavy atom. The molecule has 0 N–H and O–H groups in total. The maximum Gasteiger partial charge on any atom is 0.245 e. The Morgan fingerprint density at radius 3 is 2.88 bits per heavy atom. The summed E-state index contributed by atoms with van der Waals surface area (Å²) in [5.41, 5.74) is 1.53. The molecule has 0 saturated carbocycles. The summed E-state index contributed by atoms with van der Waals surface area (Å²) in [6.45, 7) is 3.00. The minimum absolute atomic E-state index is 0.515. The van der Waals surface area contributed by atoms with Gasteiger partial charge in [0.1, 0.15) is 12.2 Å². The van der Waals surface area contributed by atoms with Gasteiger partial charge < -0.3 is 9.30 Å². The van der Waals surface area contributed by atoms with Gasteiger partial charge in [-0.05, 0) is 6.42 Å². The van der Waals surface area contributed by atoms with Crippen LogP contribution < -0.4 is 4.74 Å². The van der Waals surface area contributed by atoms with Gasteiger partial charge in [0, 0.05) is 18.8 Å². The Bertz CT molecular complexity index is 511. The summed E-state index contributed by atoms with van der Waals surface area (Å²) < 4.78 is 7.28. The highest BCUT2D eigenvalue weighted by molar-refractivity contribution is 6.17. The molecule has 0 fully saturated rings. The number of fused-ring (bicyclic) bond motifs is 1. The van der Waals surface area contributed by atoms with Gasteiger partial charge >= 0.3 is 0 Å². The zero-order valence-electron chi connectivity index (χ0n) is 9.98. The number of methoxy groups -OCH3 is 1. The van der Waals surface area contributed by atoms with Crippen LogP contribution in [0, 0.1) is 0 Å². The predicted octanol–water partition coefficient (Wildman–Crippen LogP) is 2.03. The van der Waals surface area contributed by atoms with Gasteiger partial charge in [-0.3, -0.25) is 0 Å². The van der Waals surface area contributed by atoms with Gasteiger partial charge in [-0.15, -0.1) is 11.6 Å². The molecule has 0 aliphatic carbocycles. The number of hydrogen-bond acceptors (Lipinski definition) is 4. The molecular formula is C11H15ClN4O. The molecule has 0 atom stereocenters. The Kier molecular flexibility index (Phi) is 3.78. The summed E-state index contributed by atoms with van der Waals surface area (Å²) >= 11 is 5.79. The van der Waals surface area contributed by atoms with Crippen molar-refractivity contribution in [1.29, 1.82) is 0 Å². The van der Waals surface area contributed by atoms with Gasteiger partial charge in [-0.25, -0.2) is 9.97 Å². The smallest absolute Gasteiger partial charge is 0.245 e. The van der Waals surface area contributed by atoms with Crippen LogP contribution in [-0.4, -0.2) is 32.5 Å². The largest absolute Gasteiger partial charge is 0.479 e. The van der Waals surface area contributed by atoms with E-state index in [1.165, 1.54) is 6.33 Å². The second-order valence-corrected chi connectivity index (χ2v) is 4.05. The molecule has 0 unspecified atom stereocenters. The fraction of sp³-hybridized carbons (Fsp3) is 0.545. The minimum atomic E-state index is 0.515. The first-order valence-electron chi connectivity index (χ1n) is 5.61. The Hall–Kier alpha value is -1.36. The van der Waals surface area contributed by atoms with Crippen molar-refractivity contribution in [2.24, 2.45) is 0 Å². The topological polar surface area (TPSA) is 52.8 Å². The summed E-state index contributed by atoms with van der Waals surface area (Å²) in [6, 6.07) is 0. The summed E-state index contributed by atoms with van der Waals surface area (Å²) in [6.07, 6.45) is 3.24. The van der Waals surface area contributed by atoms with Crippen LogP contribution in [-0.2, 0) is 13.0 Å². The van der Waals surface area contributed by atoms with Crippen molar-refractivity contribution in [3.63, 3.8) is 0 Å². The lowest BCUT2D eigenvalue weighted by molar-refractivity contribution is 0.401. The van der Waals surface area contributed by atoms with E-state index >= 15 is 0 Å². The summed E-state index contributed by atoms with van der Waals surface area (Å²) in [4.78, 5) is 12.9. The maximum absolute atomic E-state index is 5.79. The molecule has 0 spiro atoms. The third kappa shape index (κ3) is 2.20. The average molecular weight is 255 g/mol.